The van der Waals surface area contributed by atoms with E-state index >= 15 is 0 Å². The topological polar surface area (TPSA) is 58.6 Å². The van der Waals surface area contributed by atoms with Crippen molar-refractivity contribution in [3.05, 3.63) is 64.2 Å². The molecule has 0 radical (unpaired) electrons. The number of amidine groups is 1. The van der Waals surface area contributed by atoms with E-state index in [0.29, 0.717) is 0 Å². The van der Waals surface area contributed by atoms with E-state index in [9.17, 15) is 0 Å². The Morgan fingerprint density at radius 1 is 1.30 bits per heavy atom. The van der Waals surface area contributed by atoms with E-state index in [2.05, 4.69) is 5.16 Å². The van der Waals surface area contributed by atoms with Crippen molar-refractivity contribution < 1.29 is 5.21 Å². The Morgan fingerprint density at radius 2 is 2.05 bits per heavy atom. The lowest BCUT2D eigenvalue weighted by atomic mass is 10.1. The molecule has 20 heavy (non-hydrogen) atoms. The van der Waals surface area contributed by atoms with Crippen LogP contribution in [0.4, 0.5) is 0 Å². The molecule has 0 saturated carbocycles. The summed E-state index contributed by atoms with van der Waals surface area (Å²) in [7, 11) is 0. The van der Waals surface area contributed by atoms with Gasteiger partial charge >= 0.3 is 0 Å². The van der Waals surface area contributed by atoms with Gasteiger partial charge in [0.25, 0.3) is 0 Å². The molecule has 0 aliphatic carbocycles. The molecule has 0 aliphatic rings. The zero-order valence-corrected chi connectivity index (χ0v) is 12.6. The molecule has 0 aromatic heterocycles. The van der Waals surface area contributed by atoms with Gasteiger partial charge in [-0.1, -0.05) is 35.0 Å². The monoisotopic (exact) mass is 306 g/mol. The Bertz CT molecular complexity index is 644. The first-order valence-electron chi connectivity index (χ1n) is 6.06. The van der Waals surface area contributed by atoms with Crippen molar-refractivity contribution >= 4 is 29.2 Å². The van der Waals surface area contributed by atoms with Crippen LogP contribution in [0.5, 0.6) is 0 Å². The zero-order chi connectivity index (χ0) is 14.5. The first-order valence-corrected chi connectivity index (χ1v) is 7.43. The van der Waals surface area contributed by atoms with Crippen molar-refractivity contribution in [1.29, 1.82) is 0 Å². The normalized spacial score (nSPS) is 11.6. The molecule has 2 rings (SSSR count). The van der Waals surface area contributed by atoms with E-state index in [-0.39, 0.29) is 5.84 Å². The summed E-state index contributed by atoms with van der Waals surface area (Å²) in [6.07, 6.45) is 0. The third-order valence-corrected chi connectivity index (χ3v) is 4.35. The van der Waals surface area contributed by atoms with E-state index in [1.807, 2.05) is 49.4 Å². The Hall–Kier alpha value is -1.65. The SMILES string of the molecule is Cc1cc(SCc2ccccc2Cl)ccc1/C(N)=N/O. The second-order valence-electron chi connectivity index (χ2n) is 4.34. The van der Waals surface area contributed by atoms with E-state index in [0.717, 1.165) is 32.4 Å². The van der Waals surface area contributed by atoms with Gasteiger partial charge in [-0.3, -0.25) is 0 Å². The zero-order valence-electron chi connectivity index (χ0n) is 11.0. The highest BCUT2D eigenvalue weighted by Crippen LogP contribution is 2.27. The number of thioether (sulfide) groups is 1. The standard InChI is InChI=1S/C15H15ClN2OS/c1-10-8-12(6-7-13(10)15(17)18-19)20-9-11-4-2-3-5-14(11)16/h2-8,19H,9H2,1H3,(H2,17,18). The van der Waals surface area contributed by atoms with Gasteiger partial charge in [0.15, 0.2) is 5.84 Å². The van der Waals surface area contributed by atoms with Gasteiger partial charge in [-0.25, -0.2) is 0 Å². The molecular formula is C15H15ClN2OS. The van der Waals surface area contributed by atoms with Crippen molar-refractivity contribution in [1.82, 2.24) is 0 Å². The summed E-state index contributed by atoms with van der Waals surface area (Å²) >= 11 is 7.84. The lowest BCUT2D eigenvalue weighted by Gasteiger charge is -2.08. The summed E-state index contributed by atoms with van der Waals surface area (Å²) in [4.78, 5) is 1.12. The highest BCUT2D eigenvalue weighted by Gasteiger charge is 2.06. The third-order valence-electron chi connectivity index (χ3n) is 2.93. The molecule has 0 amide bonds. The highest BCUT2D eigenvalue weighted by atomic mass is 35.5. The number of halogens is 1. The van der Waals surface area contributed by atoms with Gasteiger partial charge in [0.1, 0.15) is 0 Å². The molecule has 0 spiro atoms. The van der Waals surface area contributed by atoms with Crippen molar-refractivity contribution in [3.63, 3.8) is 0 Å². The number of hydrogen-bond donors (Lipinski definition) is 2. The molecule has 0 atom stereocenters. The number of aryl methyl sites for hydroxylation is 1. The van der Waals surface area contributed by atoms with Crippen LogP contribution in [0, 0.1) is 6.92 Å². The van der Waals surface area contributed by atoms with E-state index in [1.54, 1.807) is 11.8 Å². The van der Waals surface area contributed by atoms with Crippen molar-refractivity contribution in [3.8, 4) is 0 Å². The van der Waals surface area contributed by atoms with Gasteiger partial charge in [-0.2, -0.15) is 0 Å². The second kappa shape index (κ2) is 6.68. The van der Waals surface area contributed by atoms with Crippen molar-refractivity contribution in [2.75, 3.05) is 0 Å². The predicted octanol–water partition coefficient (Wildman–Crippen LogP) is 4.04. The van der Waals surface area contributed by atoms with Gasteiger partial charge < -0.3 is 10.9 Å². The molecule has 0 saturated heterocycles. The van der Waals surface area contributed by atoms with Crippen LogP contribution in [0.15, 0.2) is 52.5 Å². The molecule has 2 aromatic rings. The lowest BCUT2D eigenvalue weighted by molar-refractivity contribution is 0.318. The number of rotatable bonds is 4. The Labute approximate surface area is 127 Å². The molecule has 3 N–H and O–H groups in total. The first-order chi connectivity index (χ1) is 9.61. The maximum absolute atomic E-state index is 8.71. The molecule has 3 nitrogen and oxygen atoms in total. The molecule has 0 heterocycles. The fourth-order valence-corrected chi connectivity index (χ4v) is 3.12. The maximum Gasteiger partial charge on any atom is 0.170 e. The number of oxime groups is 1. The molecule has 0 fully saturated rings. The Balaban J connectivity index is 2.12. The average Bonchev–Trinajstić information content (AvgIpc) is 2.46. The van der Waals surface area contributed by atoms with Crippen LogP contribution in [0.1, 0.15) is 16.7 Å². The minimum atomic E-state index is 0.130. The Morgan fingerprint density at radius 3 is 2.70 bits per heavy atom. The second-order valence-corrected chi connectivity index (χ2v) is 5.80. The minimum Gasteiger partial charge on any atom is -0.409 e. The van der Waals surface area contributed by atoms with Crippen molar-refractivity contribution in [2.24, 2.45) is 10.9 Å². The molecular weight excluding hydrogens is 292 g/mol. The molecule has 0 bridgehead atoms. The molecule has 104 valence electrons. The number of nitrogens with zero attached hydrogens (tertiary/aromatic N) is 1. The van der Waals surface area contributed by atoms with Crippen LogP contribution in [0.3, 0.4) is 0 Å². The summed E-state index contributed by atoms with van der Waals surface area (Å²) in [6.45, 7) is 1.94. The molecule has 2 aromatic carbocycles. The summed E-state index contributed by atoms with van der Waals surface area (Å²) in [5, 5.41) is 12.5. The summed E-state index contributed by atoms with van der Waals surface area (Å²) in [5.41, 5.74) is 8.44. The maximum atomic E-state index is 8.71. The van der Waals surface area contributed by atoms with Gasteiger partial charge in [0, 0.05) is 21.2 Å². The number of hydrogen-bond acceptors (Lipinski definition) is 3. The third kappa shape index (κ3) is 3.46. The first kappa shape index (κ1) is 14.8. The van der Waals surface area contributed by atoms with Crippen LogP contribution in [-0.4, -0.2) is 11.0 Å². The quantitative estimate of drug-likeness (QED) is 0.295. The average molecular weight is 307 g/mol. The minimum absolute atomic E-state index is 0.130. The van der Waals surface area contributed by atoms with E-state index < -0.39 is 0 Å². The van der Waals surface area contributed by atoms with Crippen molar-refractivity contribution in [2.45, 2.75) is 17.6 Å². The summed E-state index contributed by atoms with van der Waals surface area (Å²) < 4.78 is 0. The summed E-state index contributed by atoms with van der Waals surface area (Å²) in [6, 6.07) is 13.7. The van der Waals surface area contributed by atoms with Crippen LogP contribution < -0.4 is 5.73 Å². The van der Waals surface area contributed by atoms with Gasteiger partial charge in [0.05, 0.1) is 0 Å². The number of nitrogens with two attached hydrogens (primary N) is 1. The fourth-order valence-electron chi connectivity index (χ4n) is 1.84. The highest BCUT2D eigenvalue weighted by molar-refractivity contribution is 7.98. The lowest BCUT2D eigenvalue weighted by Crippen LogP contribution is -2.14. The van der Waals surface area contributed by atoms with Crippen LogP contribution in [0.2, 0.25) is 5.02 Å². The van der Waals surface area contributed by atoms with Crippen LogP contribution in [0.25, 0.3) is 0 Å². The van der Waals surface area contributed by atoms with Crippen LogP contribution >= 0.6 is 23.4 Å². The molecule has 0 aliphatic heterocycles. The van der Waals surface area contributed by atoms with Crippen LogP contribution in [-0.2, 0) is 5.75 Å². The van der Waals surface area contributed by atoms with Gasteiger partial charge in [-0.15, -0.1) is 11.8 Å². The van der Waals surface area contributed by atoms with E-state index in [4.69, 9.17) is 22.5 Å². The fraction of sp³-hybridized carbons (Fsp3) is 0.133. The summed E-state index contributed by atoms with van der Waals surface area (Å²) in [5.74, 6) is 0.937. The Kier molecular flexibility index (Phi) is 4.93. The smallest absolute Gasteiger partial charge is 0.170 e. The van der Waals surface area contributed by atoms with Gasteiger partial charge in [-0.05, 0) is 42.3 Å². The number of benzene rings is 2. The van der Waals surface area contributed by atoms with E-state index in [1.165, 1.54) is 0 Å². The predicted molar refractivity (Wildman–Crippen MR) is 84.7 cm³/mol. The molecule has 5 heteroatoms. The van der Waals surface area contributed by atoms with Gasteiger partial charge in [0.2, 0.25) is 0 Å². The molecule has 0 unspecified atom stereocenters. The largest absolute Gasteiger partial charge is 0.409 e.